The minimum atomic E-state index is -4.47. The molecule has 1 aromatic carbocycles. The first-order valence-electron chi connectivity index (χ1n) is 8.86. The molecular weight excluding hydrogens is 359 g/mol. The summed E-state index contributed by atoms with van der Waals surface area (Å²) in [6.45, 7) is 0.487. The fraction of sp³-hybridized carbons (Fsp3) is 0.444. The van der Waals surface area contributed by atoms with Gasteiger partial charge in [0.15, 0.2) is 0 Å². The molecular formula is C18H20F3N5O. The van der Waals surface area contributed by atoms with Gasteiger partial charge in [-0.2, -0.15) is 23.0 Å². The van der Waals surface area contributed by atoms with E-state index in [0.717, 1.165) is 28.8 Å². The average molecular weight is 379 g/mol. The molecule has 9 heteroatoms. The molecule has 2 aromatic rings. The summed E-state index contributed by atoms with van der Waals surface area (Å²) in [4.78, 5) is 13.1. The molecule has 0 bridgehead atoms. The number of rotatable bonds is 1. The summed E-state index contributed by atoms with van der Waals surface area (Å²) in [5.41, 5.74) is 13.7. The quantitative estimate of drug-likeness (QED) is 0.707. The van der Waals surface area contributed by atoms with E-state index in [2.05, 4.69) is 10.4 Å². The summed E-state index contributed by atoms with van der Waals surface area (Å²) in [7, 11) is 0. The fourth-order valence-corrected chi connectivity index (χ4v) is 3.89. The topological polar surface area (TPSA) is 99.0 Å². The number of nitrogens with one attached hydrogen (secondary N) is 1. The highest BCUT2D eigenvalue weighted by Gasteiger charge is 2.36. The molecule has 1 aliphatic carbocycles. The Labute approximate surface area is 153 Å². The summed E-state index contributed by atoms with van der Waals surface area (Å²) < 4.78 is 40.5. The summed E-state index contributed by atoms with van der Waals surface area (Å²) in [6, 6.07) is 3.40. The van der Waals surface area contributed by atoms with Crippen molar-refractivity contribution in [1.29, 1.82) is 0 Å². The number of nitrogen functional groups attached to an aromatic ring is 1. The first-order valence-corrected chi connectivity index (χ1v) is 8.86. The Hall–Kier alpha value is -2.55. The van der Waals surface area contributed by atoms with Crippen LogP contribution in [0.15, 0.2) is 18.2 Å². The summed E-state index contributed by atoms with van der Waals surface area (Å²) in [5.74, 6) is -0.868. The second-order valence-corrected chi connectivity index (χ2v) is 7.13. The van der Waals surface area contributed by atoms with Gasteiger partial charge in [-0.1, -0.05) is 0 Å². The minimum absolute atomic E-state index is 0.0238. The van der Waals surface area contributed by atoms with Gasteiger partial charge in [-0.15, -0.1) is 0 Å². The highest BCUT2D eigenvalue weighted by molar-refractivity contribution is 5.90. The Morgan fingerprint density at radius 1 is 1.30 bits per heavy atom. The van der Waals surface area contributed by atoms with Gasteiger partial charge in [0, 0.05) is 30.3 Å². The lowest BCUT2D eigenvalue weighted by Gasteiger charge is -2.26. The maximum absolute atomic E-state index is 13.1. The van der Waals surface area contributed by atoms with Crippen molar-refractivity contribution in [1.82, 2.24) is 9.78 Å². The Balaban J connectivity index is 1.73. The van der Waals surface area contributed by atoms with Gasteiger partial charge in [0.2, 0.25) is 0 Å². The molecule has 144 valence electrons. The van der Waals surface area contributed by atoms with Crippen molar-refractivity contribution in [3.05, 3.63) is 40.6 Å². The van der Waals surface area contributed by atoms with E-state index in [4.69, 9.17) is 11.5 Å². The van der Waals surface area contributed by atoms with Crippen molar-refractivity contribution >= 4 is 17.4 Å². The van der Waals surface area contributed by atoms with E-state index in [9.17, 15) is 18.0 Å². The number of carbonyl (C=O) groups excluding carboxylic acids is 1. The van der Waals surface area contributed by atoms with Crippen LogP contribution in [0.1, 0.15) is 45.9 Å². The molecule has 2 heterocycles. The van der Waals surface area contributed by atoms with Gasteiger partial charge in [0.25, 0.3) is 5.91 Å². The zero-order valence-electron chi connectivity index (χ0n) is 14.5. The van der Waals surface area contributed by atoms with E-state index in [1.54, 1.807) is 0 Å². The van der Waals surface area contributed by atoms with Gasteiger partial charge in [0.1, 0.15) is 5.82 Å². The van der Waals surface area contributed by atoms with E-state index in [0.29, 0.717) is 42.8 Å². The Morgan fingerprint density at radius 3 is 2.81 bits per heavy atom. The monoisotopic (exact) mass is 379 g/mol. The summed E-state index contributed by atoms with van der Waals surface area (Å²) >= 11 is 0. The van der Waals surface area contributed by atoms with Crippen LogP contribution in [0.3, 0.4) is 0 Å². The van der Waals surface area contributed by atoms with Crippen LogP contribution in [-0.4, -0.2) is 28.3 Å². The van der Waals surface area contributed by atoms with Crippen LogP contribution in [0.4, 0.5) is 24.7 Å². The first kappa shape index (κ1) is 17.8. The van der Waals surface area contributed by atoms with E-state index in [1.807, 2.05) is 0 Å². The molecule has 0 amide bonds. The number of halogens is 3. The largest absolute Gasteiger partial charge is 0.416 e. The van der Waals surface area contributed by atoms with Gasteiger partial charge in [0.05, 0.1) is 17.2 Å². The predicted octanol–water partition coefficient (Wildman–Crippen LogP) is 2.54. The maximum Gasteiger partial charge on any atom is 0.416 e. The second-order valence-electron chi connectivity index (χ2n) is 7.13. The van der Waals surface area contributed by atoms with Crippen molar-refractivity contribution in [2.75, 3.05) is 17.6 Å². The normalized spacial score (nSPS) is 21.9. The molecule has 0 fully saturated rings. The third kappa shape index (κ3) is 3.05. The van der Waals surface area contributed by atoms with E-state index < -0.39 is 23.6 Å². The van der Waals surface area contributed by atoms with Gasteiger partial charge < -0.3 is 16.8 Å². The molecule has 0 saturated heterocycles. The van der Waals surface area contributed by atoms with Gasteiger partial charge in [-0.3, -0.25) is 4.79 Å². The lowest BCUT2D eigenvalue weighted by molar-refractivity contribution is -0.137. The molecule has 5 N–H and O–H groups in total. The number of aromatic nitrogens is 2. The number of nitrogens with two attached hydrogens (primary N) is 2. The molecule has 1 unspecified atom stereocenters. The summed E-state index contributed by atoms with van der Waals surface area (Å²) in [6.07, 6.45) is -2.14. The van der Waals surface area contributed by atoms with Gasteiger partial charge in [-0.25, -0.2) is 0 Å². The van der Waals surface area contributed by atoms with Crippen molar-refractivity contribution in [3.8, 4) is 0 Å². The van der Waals surface area contributed by atoms with E-state index in [-0.39, 0.29) is 11.9 Å². The summed E-state index contributed by atoms with van der Waals surface area (Å²) in [5, 5.41) is 7.39. The number of nitrogens with zero attached hydrogens (tertiary/aromatic N) is 2. The van der Waals surface area contributed by atoms with Crippen molar-refractivity contribution in [2.45, 2.75) is 43.8 Å². The number of hydrogen-bond donors (Lipinski definition) is 3. The predicted molar refractivity (Wildman–Crippen MR) is 94.6 cm³/mol. The molecule has 27 heavy (non-hydrogen) atoms. The van der Waals surface area contributed by atoms with Gasteiger partial charge in [-0.05, 0) is 43.0 Å². The molecule has 2 atom stereocenters. The van der Waals surface area contributed by atoms with Crippen LogP contribution in [0.25, 0.3) is 0 Å². The van der Waals surface area contributed by atoms with Crippen molar-refractivity contribution < 1.29 is 18.0 Å². The molecule has 1 aliphatic heterocycles. The molecule has 0 radical (unpaired) electrons. The smallest absolute Gasteiger partial charge is 0.385 e. The average Bonchev–Trinajstić information content (AvgIpc) is 2.95. The Kier molecular flexibility index (Phi) is 4.14. The van der Waals surface area contributed by atoms with Crippen LogP contribution in [0.5, 0.6) is 0 Å². The highest BCUT2D eigenvalue weighted by Crippen LogP contribution is 2.38. The number of hydrogen-bond acceptors (Lipinski definition) is 5. The van der Waals surface area contributed by atoms with Gasteiger partial charge >= 0.3 is 6.18 Å². The van der Waals surface area contributed by atoms with Crippen molar-refractivity contribution in [2.24, 2.45) is 5.73 Å². The number of benzene rings is 1. The highest BCUT2D eigenvalue weighted by atomic mass is 19.4. The lowest BCUT2D eigenvalue weighted by atomic mass is 9.89. The SMILES string of the molecule is Nc1c2c(nn1C(=O)C1CCNc3ccc(C(F)(F)F)cc31)C[C@H](N)CC2. The third-order valence-electron chi connectivity index (χ3n) is 5.34. The third-order valence-corrected chi connectivity index (χ3v) is 5.34. The number of alkyl halides is 3. The Bertz CT molecular complexity index is 905. The van der Waals surface area contributed by atoms with Crippen LogP contribution >= 0.6 is 0 Å². The fourth-order valence-electron chi connectivity index (χ4n) is 3.89. The molecule has 1 aromatic heterocycles. The molecule has 0 spiro atoms. The second kappa shape index (κ2) is 6.26. The Morgan fingerprint density at radius 2 is 2.07 bits per heavy atom. The zero-order valence-corrected chi connectivity index (χ0v) is 14.5. The van der Waals surface area contributed by atoms with Crippen molar-refractivity contribution in [3.63, 3.8) is 0 Å². The van der Waals surface area contributed by atoms with Crippen LogP contribution in [0.2, 0.25) is 0 Å². The lowest BCUT2D eigenvalue weighted by Crippen LogP contribution is -2.29. The van der Waals surface area contributed by atoms with Crippen LogP contribution in [0, 0.1) is 0 Å². The molecule has 6 nitrogen and oxygen atoms in total. The number of anilines is 2. The molecule has 2 aliphatic rings. The zero-order chi connectivity index (χ0) is 19.3. The standard InChI is InChI=1S/C18H20F3N5O/c19-18(20,21)9-1-4-14-13(7-9)11(5-6-24-14)17(27)26-16(23)12-3-2-10(22)8-15(12)25-26/h1,4,7,10-11,24H,2-3,5-6,8,22-23H2/t10-,11?/m1/s1. The maximum atomic E-state index is 13.1. The minimum Gasteiger partial charge on any atom is -0.385 e. The number of carbonyl (C=O) groups is 1. The number of fused-ring (bicyclic) bond motifs is 2. The molecule has 0 saturated carbocycles. The first-order chi connectivity index (χ1) is 12.8. The molecule has 4 rings (SSSR count). The van der Waals surface area contributed by atoms with E-state index >= 15 is 0 Å². The van der Waals surface area contributed by atoms with Crippen LogP contribution < -0.4 is 16.8 Å². The van der Waals surface area contributed by atoms with E-state index in [1.165, 1.54) is 6.07 Å². The van der Waals surface area contributed by atoms with Crippen LogP contribution in [-0.2, 0) is 19.0 Å².